The van der Waals surface area contributed by atoms with Crippen LogP contribution in [0, 0.1) is 0 Å². The van der Waals surface area contributed by atoms with Gasteiger partial charge < -0.3 is 19.1 Å². The van der Waals surface area contributed by atoms with Crippen molar-refractivity contribution in [2.75, 3.05) is 38.8 Å². The molecule has 1 saturated heterocycles. The number of nitrogens with zero attached hydrogens (tertiary/aromatic N) is 3. The zero-order chi connectivity index (χ0) is 24.2. The van der Waals surface area contributed by atoms with Gasteiger partial charge in [-0.2, -0.15) is 0 Å². The molecule has 0 atom stereocenters. The molecule has 7 nitrogen and oxygen atoms in total. The molecule has 178 valence electrons. The van der Waals surface area contributed by atoms with Crippen molar-refractivity contribution in [2.24, 2.45) is 0 Å². The molecule has 0 radical (unpaired) electrons. The molecule has 0 N–H and O–H groups in total. The number of piperazine rings is 1. The number of methoxy groups -OCH3 is 2. The van der Waals surface area contributed by atoms with Crippen LogP contribution in [0.1, 0.15) is 5.56 Å². The van der Waals surface area contributed by atoms with Crippen LogP contribution in [0.15, 0.2) is 79.0 Å². The predicted octanol–water partition coefficient (Wildman–Crippen LogP) is 4.89. The molecule has 0 saturated carbocycles. The minimum atomic E-state index is 0.0991. The van der Waals surface area contributed by atoms with E-state index in [4.69, 9.17) is 14.2 Å². The topological polar surface area (TPSA) is 64.1 Å². The molecule has 5 rings (SSSR count). The van der Waals surface area contributed by atoms with Crippen LogP contribution >= 0.6 is 0 Å². The fourth-order valence-electron chi connectivity index (χ4n) is 4.39. The summed E-state index contributed by atoms with van der Waals surface area (Å²) in [5.41, 5.74) is 2.75. The number of hydrogen-bond donors (Lipinski definition) is 0. The van der Waals surface area contributed by atoms with Gasteiger partial charge in [0.15, 0.2) is 11.5 Å². The van der Waals surface area contributed by atoms with Crippen molar-refractivity contribution < 1.29 is 19.0 Å². The fraction of sp³-hybridized carbons (Fsp3) is 0.214. The molecule has 35 heavy (non-hydrogen) atoms. The van der Waals surface area contributed by atoms with Gasteiger partial charge >= 0.3 is 0 Å². The van der Waals surface area contributed by atoms with Gasteiger partial charge in [0, 0.05) is 36.9 Å². The number of amides is 1. The van der Waals surface area contributed by atoms with Crippen LogP contribution in [0.2, 0.25) is 0 Å². The van der Waals surface area contributed by atoms with E-state index in [1.165, 1.54) is 5.56 Å². The number of hydrogen-bond acceptors (Lipinski definition) is 6. The van der Waals surface area contributed by atoms with E-state index in [9.17, 15) is 4.79 Å². The normalized spacial score (nSPS) is 14.2. The molecule has 0 bridgehead atoms. The summed E-state index contributed by atoms with van der Waals surface area (Å²) in [6.45, 7) is 2.67. The van der Waals surface area contributed by atoms with E-state index in [0.29, 0.717) is 41.6 Å². The first-order valence-electron chi connectivity index (χ1n) is 11.5. The number of aromatic nitrogens is 1. The van der Waals surface area contributed by atoms with Gasteiger partial charge in [0.05, 0.1) is 20.8 Å². The molecule has 0 unspecified atom stereocenters. The molecule has 3 aromatic carbocycles. The Morgan fingerprint density at radius 1 is 0.857 bits per heavy atom. The maximum absolute atomic E-state index is 12.9. The molecular formula is C28H27N3O4. The SMILES string of the molecule is COc1ccc2c(Oc3ccc(N4CCN(Cc5ccccc5)CC4=O)cc3)ccnc2c1OC. The Morgan fingerprint density at radius 2 is 1.66 bits per heavy atom. The number of ether oxygens (including phenoxy) is 3. The zero-order valence-corrected chi connectivity index (χ0v) is 19.8. The van der Waals surface area contributed by atoms with E-state index in [-0.39, 0.29) is 5.91 Å². The molecule has 0 aliphatic carbocycles. The molecule has 1 aromatic heterocycles. The van der Waals surface area contributed by atoms with Gasteiger partial charge in [-0.1, -0.05) is 30.3 Å². The summed E-state index contributed by atoms with van der Waals surface area (Å²) >= 11 is 0. The summed E-state index contributed by atoms with van der Waals surface area (Å²) in [6, 6.07) is 23.4. The van der Waals surface area contributed by atoms with E-state index >= 15 is 0 Å². The predicted molar refractivity (Wildman–Crippen MR) is 135 cm³/mol. The van der Waals surface area contributed by atoms with Crippen molar-refractivity contribution in [3.8, 4) is 23.0 Å². The third-order valence-corrected chi connectivity index (χ3v) is 6.14. The summed E-state index contributed by atoms with van der Waals surface area (Å²) in [7, 11) is 3.19. The van der Waals surface area contributed by atoms with Gasteiger partial charge in [-0.05, 0) is 48.0 Å². The third kappa shape index (κ3) is 4.76. The van der Waals surface area contributed by atoms with E-state index in [1.54, 1.807) is 20.4 Å². The van der Waals surface area contributed by atoms with Gasteiger partial charge in [-0.3, -0.25) is 14.7 Å². The van der Waals surface area contributed by atoms with E-state index in [2.05, 4.69) is 22.0 Å². The lowest BCUT2D eigenvalue weighted by molar-refractivity contribution is -0.121. The minimum absolute atomic E-state index is 0.0991. The van der Waals surface area contributed by atoms with E-state index < -0.39 is 0 Å². The van der Waals surface area contributed by atoms with Crippen LogP contribution in [0.25, 0.3) is 10.9 Å². The van der Waals surface area contributed by atoms with Crippen LogP contribution in [0.5, 0.6) is 23.0 Å². The van der Waals surface area contributed by atoms with Gasteiger partial charge in [0.1, 0.15) is 17.0 Å². The second-order valence-electron chi connectivity index (χ2n) is 8.34. The number of anilines is 1. The first-order chi connectivity index (χ1) is 17.2. The average molecular weight is 470 g/mol. The number of benzene rings is 3. The van der Waals surface area contributed by atoms with Gasteiger partial charge in [0.2, 0.25) is 5.91 Å². The van der Waals surface area contributed by atoms with Crippen molar-refractivity contribution in [1.29, 1.82) is 0 Å². The molecular weight excluding hydrogens is 442 g/mol. The van der Waals surface area contributed by atoms with Crippen molar-refractivity contribution >= 4 is 22.5 Å². The number of carbonyl (C=O) groups is 1. The quantitative estimate of drug-likeness (QED) is 0.384. The van der Waals surface area contributed by atoms with Crippen molar-refractivity contribution in [2.45, 2.75) is 6.54 Å². The van der Waals surface area contributed by atoms with Crippen LogP contribution < -0.4 is 19.1 Å². The minimum Gasteiger partial charge on any atom is -0.493 e. The Kier molecular flexibility index (Phi) is 6.50. The molecule has 1 amide bonds. The van der Waals surface area contributed by atoms with Gasteiger partial charge in [-0.25, -0.2) is 0 Å². The Labute approximate surface area is 204 Å². The summed E-state index contributed by atoms with van der Waals surface area (Å²) < 4.78 is 17.1. The molecule has 1 aliphatic rings. The van der Waals surface area contributed by atoms with Crippen molar-refractivity contribution in [3.63, 3.8) is 0 Å². The lowest BCUT2D eigenvalue weighted by Gasteiger charge is -2.34. The van der Waals surface area contributed by atoms with Crippen LogP contribution in [0.4, 0.5) is 5.69 Å². The average Bonchev–Trinajstić information content (AvgIpc) is 2.89. The zero-order valence-electron chi connectivity index (χ0n) is 19.8. The van der Waals surface area contributed by atoms with Crippen LogP contribution in [-0.4, -0.2) is 49.6 Å². The van der Waals surface area contributed by atoms with Gasteiger partial charge in [0.25, 0.3) is 0 Å². The highest BCUT2D eigenvalue weighted by molar-refractivity contribution is 5.95. The van der Waals surface area contributed by atoms with E-state index in [1.807, 2.05) is 65.6 Å². The second kappa shape index (κ2) is 10.0. The largest absolute Gasteiger partial charge is 0.493 e. The highest BCUT2D eigenvalue weighted by Gasteiger charge is 2.25. The Bertz CT molecular complexity index is 1330. The van der Waals surface area contributed by atoms with Crippen LogP contribution in [0.3, 0.4) is 0 Å². The Balaban J connectivity index is 1.28. The lowest BCUT2D eigenvalue weighted by atomic mass is 10.1. The molecule has 1 fully saturated rings. The molecule has 7 heteroatoms. The summed E-state index contributed by atoms with van der Waals surface area (Å²) in [6.07, 6.45) is 1.68. The lowest BCUT2D eigenvalue weighted by Crippen LogP contribution is -2.50. The first-order valence-corrected chi connectivity index (χ1v) is 11.5. The van der Waals surface area contributed by atoms with Crippen molar-refractivity contribution in [1.82, 2.24) is 9.88 Å². The molecule has 1 aliphatic heterocycles. The summed E-state index contributed by atoms with van der Waals surface area (Å²) in [4.78, 5) is 21.3. The highest BCUT2D eigenvalue weighted by atomic mass is 16.5. The fourth-order valence-corrected chi connectivity index (χ4v) is 4.39. The van der Waals surface area contributed by atoms with Crippen LogP contribution in [-0.2, 0) is 11.3 Å². The Hall–Kier alpha value is -4.10. The number of pyridine rings is 1. The second-order valence-corrected chi connectivity index (χ2v) is 8.34. The third-order valence-electron chi connectivity index (χ3n) is 6.14. The maximum Gasteiger partial charge on any atom is 0.241 e. The number of fused-ring (bicyclic) bond motifs is 1. The smallest absolute Gasteiger partial charge is 0.241 e. The number of carbonyl (C=O) groups excluding carboxylic acids is 1. The van der Waals surface area contributed by atoms with Gasteiger partial charge in [-0.15, -0.1) is 0 Å². The molecule has 2 heterocycles. The maximum atomic E-state index is 12.9. The Morgan fingerprint density at radius 3 is 2.37 bits per heavy atom. The van der Waals surface area contributed by atoms with Crippen molar-refractivity contribution in [3.05, 3.63) is 84.6 Å². The first kappa shape index (κ1) is 22.7. The monoisotopic (exact) mass is 469 g/mol. The number of rotatable bonds is 7. The standard InChI is InChI=1S/C28H27N3O4/c1-33-25-13-12-23-24(14-15-29-27(23)28(25)34-2)35-22-10-8-21(9-11-22)31-17-16-30(19-26(31)32)18-20-6-4-3-5-7-20/h3-15H,16-19H2,1-2H3. The summed E-state index contributed by atoms with van der Waals surface area (Å²) in [5, 5.41) is 0.818. The molecule has 4 aromatic rings. The summed E-state index contributed by atoms with van der Waals surface area (Å²) in [5.74, 6) is 2.61. The highest BCUT2D eigenvalue weighted by Crippen LogP contribution is 2.39. The molecule has 0 spiro atoms. The van der Waals surface area contributed by atoms with E-state index in [0.717, 1.165) is 24.2 Å².